The molecule has 0 spiro atoms. The summed E-state index contributed by atoms with van der Waals surface area (Å²) in [5.41, 5.74) is 0.307. The van der Waals surface area contributed by atoms with Crippen LogP contribution in [-0.2, 0) is 14.4 Å². The van der Waals surface area contributed by atoms with Gasteiger partial charge in [-0.3, -0.25) is 14.4 Å². The number of nitrogens with zero attached hydrogens (tertiary/aromatic N) is 3. The minimum absolute atomic E-state index is 0.109. The summed E-state index contributed by atoms with van der Waals surface area (Å²) in [6.07, 6.45) is 0.450. The number of aliphatic carboxylic acids is 1. The second-order valence-corrected chi connectivity index (χ2v) is 4.50. The van der Waals surface area contributed by atoms with E-state index in [-0.39, 0.29) is 24.7 Å². The molecule has 1 aliphatic rings. The van der Waals surface area contributed by atoms with Crippen molar-refractivity contribution >= 4 is 23.5 Å². The minimum atomic E-state index is -0.948. The van der Waals surface area contributed by atoms with Crippen LogP contribution in [0.25, 0.3) is 0 Å². The van der Waals surface area contributed by atoms with Crippen molar-refractivity contribution in [2.45, 2.75) is 39.2 Å². The van der Waals surface area contributed by atoms with Gasteiger partial charge in [0.2, 0.25) is 5.91 Å². The van der Waals surface area contributed by atoms with Gasteiger partial charge in [-0.2, -0.15) is 5.10 Å². The van der Waals surface area contributed by atoms with E-state index in [0.29, 0.717) is 18.7 Å². The molecule has 2 amide bonds. The number of hydrogen-bond acceptors (Lipinski definition) is 4. The molecule has 1 atom stereocenters. The summed E-state index contributed by atoms with van der Waals surface area (Å²) in [6.45, 7) is 3.88. The first-order valence-electron chi connectivity index (χ1n) is 6.23. The molecule has 7 nitrogen and oxygen atoms in total. The summed E-state index contributed by atoms with van der Waals surface area (Å²) in [7, 11) is 1.51. The number of amides is 2. The summed E-state index contributed by atoms with van der Waals surface area (Å²) in [4.78, 5) is 35.7. The fourth-order valence-corrected chi connectivity index (χ4v) is 2.01. The largest absolute Gasteiger partial charge is 0.481 e. The third-order valence-electron chi connectivity index (χ3n) is 3.06. The van der Waals surface area contributed by atoms with Crippen molar-refractivity contribution in [3.8, 4) is 0 Å². The zero-order valence-electron chi connectivity index (χ0n) is 11.4. The molecular formula is C12H19N3O4. The van der Waals surface area contributed by atoms with E-state index in [1.807, 2.05) is 0 Å². The van der Waals surface area contributed by atoms with Gasteiger partial charge in [0.15, 0.2) is 0 Å². The van der Waals surface area contributed by atoms with Crippen LogP contribution in [0.1, 0.15) is 33.1 Å². The lowest BCUT2D eigenvalue weighted by molar-refractivity contribution is -0.139. The molecule has 0 saturated heterocycles. The summed E-state index contributed by atoms with van der Waals surface area (Å²) in [5, 5.41) is 13.9. The summed E-state index contributed by atoms with van der Waals surface area (Å²) in [6, 6.07) is -0.402. The summed E-state index contributed by atoms with van der Waals surface area (Å²) in [5.74, 6) is -1.37. The molecule has 0 fully saturated rings. The van der Waals surface area contributed by atoms with Crippen molar-refractivity contribution in [2.75, 3.05) is 13.6 Å². The van der Waals surface area contributed by atoms with E-state index < -0.39 is 12.0 Å². The van der Waals surface area contributed by atoms with Crippen molar-refractivity contribution in [3.05, 3.63) is 0 Å². The lowest BCUT2D eigenvalue weighted by Gasteiger charge is -2.29. The predicted octanol–water partition coefficient (Wildman–Crippen LogP) is 0.306. The van der Waals surface area contributed by atoms with Gasteiger partial charge in [0.25, 0.3) is 5.91 Å². The highest BCUT2D eigenvalue weighted by atomic mass is 16.4. The highest BCUT2D eigenvalue weighted by Gasteiger charge is 2.28. The predicted molar refractivity (Wildman–Crippen MR) is 68.5 cm³/mol. The molecule has 1 rings (SSSR count). The van der Waals surface area contributed by atoms with Crippen molar-refractivity contribution in [1.29, 1.82) is 0 Å². The fraction of sp³-hybridized carbons (Fsp3) is 0.667. The molecule has 0 saturated carbocycles. The Kier molecular flexibility index (Phi) is 5.02. The van der Waals surface area contributed by atoms with Crippen LogP contribution < -0.4 is 0 Å². The Balaban J connectivity index is 2.82. The number of carboxylic acids is 1. The van der Waals surface area contributed by atoms with E-state index >= 15 is 0 Å². The normalized spacial score (nSPS) is 16.9. The van der Waals surface area contributed by atoms with Gasteiger partial charge in [-0.25, -0.2) is 5.01 Å². The first-order valence-corrected chi connectivity index (χ1v) is 6.23. The van der Waals surface area contributed by atoms with Gasteiger partial charge in [-0.1, -0.05) is 0 Å². The maximum Gasteiger partial charge on any atom is 0.305 e. The zero-order chi connectivity index (χ0) is 14.6. The van der Waals surface area contributed by atoms with Crippen LogP contribution >= 0.6 is 0 Å². The molecule has 1 N–H and O–H groups in total. The van der Waals surface area contributed by atoms with Gasteiger partial charge in [0, 0.05) is 32.5 Å². The first kappa shape index (κ1) is 15.1. The number of carbonyl (C=O) groups is 3. The number of rotatable bonds is 5. The monoisotopic (exact) mass is 269 g/mol. The summed E-state index contributed by atoms with van der Waals surface area (Å²) >= 11 is 0. The van der Waals surface area contributed by atoms with E-state index in [9.17, 15) is 14.4 Å². The van der Waals surface area contributed by atoms with Crippen LogP contribution in [-0.4, -0.2) is 58.1 Å². The Morgan fingerprint density at radius 1 is 1.47 bits per heavy atom. The molecule has 0 bridgehead atoms. The molecule has 0 aromatic carbocycles. The number of hydrogen-bond donors (Lipinski definition) is 1. The van der Waals surface area contributed by atoms with Gasteiger partial charge >= 0.3 is 5.97 Å². The standard InChI is InChI=1S/C12H19N3O4/c1-4-15(8(2)7-11(17)18)12(19)9-5-6-10(16)14(3)13-9/h8H,4-7H2,1-3H3,(H,17,18). The average molecular weight is 269 g/mol. The van der Waals surface area contributed by atoms with Crippen LogP contribution in [0.3, 0.4) is 0 Å². The molecule has 1 aliphatic heterocycles. The van der Waals surface area contributed by atoms with Crippen molar-refractivity contribution in [2.24, 2.45) is 5.10 Å². The van der Waals surface area contributed by atoms with Crippen LogP contribution in [0.15, 0.2) is 5.10 Å². The minimum Gasteiger partial charge on any atom is -0.481 e. The molecule has 1 heterocycles. The number of carbonyl (C=O) groups excluding carboxylic acids is 2. The maximum absolute atomic E-state index is 12.3. The Hall–Kier alpha value is -1.92. The van der Waals surface area contributed by atoms with Crippen LogP contribution in [0.4, 0.5) is 0 Å². The average Bonchev–Trinajstić information content (AvgIpc) is 2.32. The van der Waals surface area contributed by atoms with Crippen molar-refractivity contribution in [3.63, 3.8) is 0 Å². The highest BCUT2D eigenvalue weighted by Crippen LogP contribution is 2.12. The van der Waals surface area contributed by atoms with E-state index in [4.69, 9.17) is 5.11 Å². The SMILES string of the molecule is CCN(C(=O)C1=NN(C)C(=O)CC1)C(C)CC(=O)O. The smallest absolute Gasteiger partial charge is 0.305 e. The molecular weight excluding hydrogens is 250 g/mol. The third-order valence-corrected chi connectivity index (χ3v) is 3.06. The second-order valence-electron chi connectivity index (χ2n) is 4.50. The zero-order valence-corrected chi connectivity index (χ0v) is 11.4. The van der Waals surface area contributed by atoms with Gasteiger partial charge in [0.1, 0.15) is 5.71 Å². The van der Waals surface area contributed by atoms with Crippen molar-refractivity contribution in [1.82, 2.24) is 9.91 Å². The molecule has 106 valence electrons. The molecule has 0 aliphatic carbocycles. The Morgan fingerprint density at radius 2 is 2.11 bits per heavy atom. The van der Waals surface area contributed by atoms with Crippen LogP contribution in [0.5, 0.6) is 0 Å². The Labute approximate surface area is 111 Å². The first-order chi connectivity index (χ1) is 8.86. The third kappa shape index (κ3) is 3.77. The Bertz CT molecular complexity index is 419. The van der Waals surface area contributed by atoms with Crippen molar-refractivity contribution < 1.29 is 19.5 Å². The lowest BCUT2D eigenvalue weighted by Crippen LogP contribution is -2.45. The maximum atomic E-state index is 12.3. The second kappa shape index (κ2) is 6.31. The Morgan fingerprint density at radius 3 is 2.58 bits per heavy atom. The van der Waals surface area contributed by atoms with E-state index in [2.05, 4.69) is 5.10 Å². The fourth-order valence-electron chi connectivity index (χ4n) is 2.01. The topological polar surface area (TPSA) is 90.3 Å². The van der Waals surface area contributed by atoms with Gasteiger partial charge < -0.3 is 10.0 Å². The number of hydrazone groups is 1. The van der Waals surface area contributed by atoms with Gasteiger partial charge in [0.05, 0.1) is 6.42 Å². The lowest BCUT2D eigenvalue weighted by atomic mass is 10.1. The van der Waals surface area contributed by atoms with E-state index in [0.717, 1.165) is 5.01 Å². The molecule has 19 heavy (non-hydrogen) atoms. The highest BCUT2D eigenvalue weighted by molar-refractivity contribution is 6.39. The number of carboxylic acid groups (broad SMARTS) is 1. The van der Waals surface area contributed by atoms with E-state index in [1.165, 1.54) is 11.9 Å². The summed E-state index contributed by atoms with van der Waals surface area (Å²) < 4.78 is 0. The molecule has 0 aromatic heterocycles. The van der Waals surface area contributed by atoms with E-state index in [1.54, 1.807) is 13.8 Å². The molecule has 1 unspecified atom stereocenters. The quantitative estimate of drug-likeness (QED) is 0.777. The van der Waals surface area contributed by atoms with Crippen LogP contribution in [0.2, 0.25) is 0 Å². The van der Waals surface area contributed by atoms with Gasteiger partial charge in [-0.15, -0.1) is 0 Å². The van der Waals surface area contributed by atoms with Crippen LogP contribution in [0, 0.1) is 0 Å². The molecule has 0 radical (unpaired) electrons. The molecule has 7 heteroatoms. The molecule has 0 aromatic rings. The van der Waals surface area contributed by atoms with Gasteiger partial charge in [-0.05, 0) is 13.8 Å².